The van der Waals surface area contributed by atoms with Gasteiger partial charge in [-0.25, -0.2) is 14.2 Å². The second-order valence-corrected chi connectivity index (χ2v) is 7.75. The van der Waals surface area contributed by atoms with Crippen LogP contribution in [0, 0.1) is 0 Å². The van der Waals surface area contributed by atoms with Crippen molar-refractivity contribution < 1.29 is 19.1 Å². The van der Waals surface area contributed by atoms with Gasteiger partial charge in [-0.3, -0.25) is 0 Å². The Labute approximate surface area is 159 Å². The zero-order valence-corrected chi connectivity index (χ0v) is 16.5. The first-order valence-corrected chi connectivity index (χ1v) is 9.09. The predicted molar refractivity (Wildman–Crippen MR) is 104 cm³/mol. The van der Waals surface area contributed by atoms with Gasteiger partial charge < -0.3 is 14.4 Å². The topological polar surface area (TPSA) is 60.8 Å². The molecule has 2 aromatic rings. The largest absolute Gasteiger partial charge is 0.466 e. The lowest BCUT2D eigenvalue weighted by atomic mass is 10.0. The molecule has 0 amide bonds. The third kappa shape index (κ3) is 3.70. The molecular formula is C21H26N2O4. The van der Waals surface area contributed by atoms with E-state index in [4.69, 9.17) is 9.47 Å². The first-order valence-electron chi connectivity index (χ1n) is 9.09. The first-order chi connectivity index (χ1) is 12.7. The zero-order valence-electron chi connectivity index (χ0n) is 16.5. The van der Waals surface area contributed by atoms with E-state index < -0.39 is 11.7 Å². The maximum absolute atomic E-state index is 13.0. The van der Waals surface area contributed by atoms with E-state index in [0.29, 0.717) is 17.7 Å². The van der Waals surface area contributed by atoms with Crippen molar-refractivity contribution in [2.45, 2.75) is 39.2 Å². The highest BCUT2D eigenvalue weighted by atomic mass is 16.6. The van der Waals surface area contributed by atoms with E-state index in [1.807, 2.05) is 63.1 Å². The lowest BCUT2D eigenvalue weighted by molar-refractivity contribution is -0.136. The second kappa shape index (κ2) is 7.10. The third-order valence-corrected chi connectivity index (χ3v) is 4.55. The highest BCUT2D eigenvalue weighted by Gasteiger charge is 2.30. The Morgan fingerprint density at radius 2 is 1.85 bits per heavy atom. The summed E-state index contributed by atoms with van der Waals surface area (Å²) < 4.78 is 12.2. The maximum atomic E-state index is 13.0. The molecule has 144 valence electrons. The number of ether oxygens (including phenoxy) is 2. The molecule has 6 heteroatoms. The number of para-hydroxylation sites is 1. The summed E-state index contributed by atoms with van der Waals surface area (Å²) in [5.74, 6) is -0.363. The van der Waals surface area contributed by atoms with Crippen molar-refractivity contribution in [3.63, 3.8) is 0 Å². The van der Waals surface area contributed by atoms with Crippen LogP contribution in [-0.2, 0) is 14.3 Å². The van der Waals surface area contributed by atoms with Crippen molar-refractivity contribution in [2.24, 2.45) is 0 Å². The van der Waals surface area contributed by atoms with Crippen LogP contribution in [0.15, 0.2) is 35.9 Å². The van der Waals surface area contributed by atoms with Gasteiger partial charge in [-0.15, -0.1) is 0 Å². The van der Waals surface area contributed by atoms with E-state index in [9.17, 15) is 9.59 Å². The van der Waals surface area contributed by atoms with Crippen molar-refractivity contribution in [2.75, 3.05) is 20.7 Å². The minimum atomic E-state index is -0.627. The van der Waals surface area contributed by atoms with Crippen molar-refractivity contribution in [3.05, 3.63) is 41.6 Å². The molecule has 0 radical (unpaired) electrons. The molecule has 1 aromatic carbocycles. The number of fused-ring (bicyclic) bond motifs is 1. The van der Waals surface area contributed by atoms with Gasteiger partial charge in [0.1, 0.15) is 5.60 Å². The SMILES string of the molecule is COC(=O)C1=C(c2cc3ccccc3n2C(=O)OC(C)(C)C)N(C)CCC1. The molecule has 0 unspecified atom stereocenters. The Balaban J connectivity index is 2.27. The quantitative estimate of drug-likeness (QED) is 0.747. The average Bonchev–Trinajstić information content (AvgIpc) is 2.98. The summed E-state index contributed by atoms with van der Waals surface area (Å²) in [6.07, 6.45) is 1.01. The number of hydrogen-bond acceptors (Lipinski definition) is 5. The van der Waals surface area contributed by atoms with E-state index in [-0.39, 0.29) is 5.97 Å². The molecule has 6 nitrogen and oxygen atoms in total. The van der Waals surface area contributed by atoms with Crippen LogP contribution in [0.2, 0.25) is 0 Å². The normalized spacial score (nSPS) is 15.2. The van der Waals surface area contributed by atoms with Crippen molar-refractivity contribution in [1.82, 2.24) is 9.47 Å². The molecule has 1 aliphatic heterocycles. The van der Waals surface area contributed by atoms with Gasteiger partial charge in [0, 0.05) is 19.0 Å². The number of nitrogens with zero attached hydrogens (tertiary/aromatic N) is 2. The number of carbonyl (C=O) groups excluding carboxylic acids is 2. The fourth-order valence-electron chi connectivity index (χ4n) is 3.46. The lowest BCUT2D eigenvalue weighted by Gasteiger charge is -2.30. The summed E-state index contributed by atoms with van der Waals surface area (Å²) in [6.45, 7) is 6.30. The molecule has 0 aliphatic carbocycles. The van der Waals surface area contributed by atoms with E-state index in [1.54, 1.807) is 4.57 Å². The molecule has 0 saturated carbocycles. The van der Waals surface area contributed by atoms with Gasteiger partial charge in [0.15, 0.2) is 0 Å². The summed E-state index contributed by atoms with van der Waals surface area (Å²) in [5.41, 5.74) is 2.07. The van der Waals surface area contributed by atoms with Crippen molar-refractivity contribution in [3.8, 4) is 0 Å². The van der Waals surface area contributed by atoms with Crippen LogP contribution >= 0.6 is 0 Å². The minimum Gasteiger partial charge on any atom is -0.466 e. The van der Waals surface area contributed by atoms with Gasteiger partial charge in [0.2, 0.25) is 0 Å². The fraction of sp³-hybridized carbons (Fsp3) is 0.429. The number of hydrogen-bond donors (Lipinski definition) is 0. The van der Waals surface area contributed by atoms with E-state index >= 15 is 0 Å². The monoisotopic (exact) mass is 370 g/mol. The Hall–Kier alpha value is -2.76. The minimum absolute atomic E-state index is 0.363. The molecule has 0 saturated heterocycles. The molecule has 0 fully saturated rings. The van der Waals surface area contributed by atoms with Crippen molar-refractivity contribution in [1.29, 1.82) is 0 Å². The molecule has 3 rings (SSSR count). The van der Waals surface area contributed by atoms with Crippen LogP contribution in [0.25, 0.3) is 16.6 Å². The number of aromatic nitrogens is 1. The van der Waals surface area contributed by atoms with Gasteiger partial charge in [-0.1, -0.05) is 18.2 Å². The van der Waals surface area contributed by atoms with E-state index in [0.717, 1.165) is 29.6 Å². The first kappa shape index (κ1) is 19.0. The lowest BCUT2D eigenvalue weighted by Crippen LogP contribution is -2.31. The number of esters is 1. The van der Waals surface area contributed by atoms with Crippen molar-refractivity contribution >= 4 is 28.7 Å². The van der Waals surface area contributed by atoms with Gasteiger partial charge in [-0.05, 0) is 45.7 Å². The summed E-state index contributed by atoms with van der Waals surface area (Å²) in [4.78, 5) is 27.4. The Kier molecular flexibility index (Phi) is 5.00. The molecular weight excluding hydrogens is 344 g/mol. The maximum Gasteiger partial charge on any atom is 0.419 e. The highest BCUT2D eigenvalue weighted by molar-refractivity contribution is 6.01. The average molecular weight is 370 g/mol. The summed E-state index contributed by atoms with van der Waals surface area (Å²) >= 11 is 0. The molecule has 0 atom stereocenters. The number of rotatable bonds is 2. The third-order valence-electron chi connectivity index (χ3n) is 4.55. The van der Waals surface area contributed by atoms with E-state index in [1.165, 1.54) is 7.11 Å². The second-order valence-electron chi connectivity index (χ2n) is 7.75. The van der Waals surface area contributed by atoms with Gasteiger partial charge >= 0.3 is 12.1 Å². The van der Waals surface area contributed by atoms with Gasteiger partial charge in [0.25, 0.3) is 0 Å². The summed E-state index contributed by atoms with van der Waals surface area (Å²) in [6, 6.07) is 9.56. The molecule has 0 N–H and O–H groups in total. The molecule has 27 heavy (non-hydrogen) atoms. The molecule has 1 aliphatic rings. The van der Waals surface area contributed by atoms with E-state index in [2.05, 4.69) is 0 Å². The Morgan fingerprint density at radius 1 is 1.15 bits per heavy atom. The Bertz CT molecular complexity index is 918. The number of carbonyl (C=O) groups is 2. The van der Waals surface area contributed by atoms with Gasteiger partial charge in [0.05, 0.1) is 29.6 Å². The summed E-state index contributed by atoms with van der Waals surface area (Å²) in [5, 5.41) is 0.911. The van der Waals surface area contributed by atoms with Crippen LogP contribution in [0.1, 0.15) is 39.3 Å². The van der Waals surface area contributed by atoms with Crippen LogP contribution in [0.3, 0.4) is 0 Å². The van der Waals surface area contributed by atoms with Crippen LogP contribution < -0.4 is 0 Å². The Morgan fingerprint density at radius 3 is 2.52 bits per heavy atom. The molecule has 2 heterocycles. The smallest absolute Gasteiger partial charge is 0.419 e. The zero-order chi connectivity index (χ0) is 19.8. The fourth-order valence-corrected chi connectivity index (χ4v) is 3.46. The van der Waals surface area contributed by atoms with Crippen LogP contribution in [0.5, 0.6) is 0 Å². The van der Waals surface area contributed by atoms with Gasteiger partial charge in [-0.2, -0.15) is 0 Å². The summed E-state index contributed by atoms with van der Waals surface area (Å²) in [7, 11) is 3.31. The standard InChI is InChI=1S/C21H26N2O4/c1-21(2,3)27-20(25)23-16-11-7-6-9-14(16)13-17(23)18-15(19(24)26-5)10-8-12-22(18)4/h6-7,9,11,13H,8,10,12H2,1-5H3. The van der Waals surface area contributed by atoms with Crippen LogP contribution in [0.4, 0.5) is 4.79 Å². The molecule has 1 aromatic heterocycles. The predicted octanol–water partition coefficient (Wildman–Crippen LogP) is 4.03. The molecule has 0 bridgehead atoms. The highest BCUT2D eigenvalue weighted by Crippen LogP contribution is 2.34. The number of benzene rings is 1. The number of methoxy groups -OCH3 is 1. The molecule has 0 spiro atoms. The van der Waals surface area contributed by atoms with Crippen LogP contribution in [-0.4, -0.2) is 47.8 Å².